The van der Waals surface area contributed by atoms with Gasteiger partial charge in [-0.3, -0.25) is 0 Å². The van der Waals surface area contributed by atoms with E-state index in [1.165, 1.54) is 11.1 Å². The van der Waals surface area contributed by atoms with Gasteiger partial charge in [-0.25, -0.2) is 0 Å². The van der Waals surface area contributed by atoms with E-state index in [1.54, 1.807) is 0 Å². The van der Waals surface area contributed by atoms with Crippen LogP contribution in [-0.4, -0.2) is 11.2 Å². The predicted octanol–water partition coefficient (Wildman–Crippen LogP) is 2.48. The van der Waals surface area contributed by atoms with E-state index >= 15 is 0 Å². The van der Waals surface area contributed by atoms with E-state index < -0.39 is 0 Å². The van der Waals surface area contributed by atoms with Crippen LogP contribution in [0.3, 0.4) is 0 Å². The first-order valence-electron chi connectivity index (χ1n) is 4.93. The van der Waals surface area contributed by atoms with E-state index in [2.05, 4.69) is 38.1 Å². The van der Waals surface area contributed by atoms with Crippen molar-refractivity contribution in [3.63, 3.8) is 0 Å². The summed E-state index contributed by atoms with van der Waals surface area (Å²) in [6.07, 6.45) is 0.857. The van der Waals surface area contributed by atoms with E-state index in [1.807, 2.05) is 0 Å². The lowest BCUT2D eigenvalue weighted by atomic mass is 9.68. The number of aliphatic hydroxyl groups excluding tert-OH is 1. The summed E-state index contributed by atoms with van der Waals surface area (Å²) in [4.78, 5) is 0. The molecule has 0 aromatic heterocycles. The molecule has 1 nitrogen and oxygen atoms in total. The van der Waals surface area contributed by atoms with Crippen LogP contribution in [0.25, 0.3) is 0 Å². The van der Waals surface area contributed by atoms with Gasteiger partial charge in [0, 0.05) is 0 Å². The minimum Gasteiger partial charge on any atom is -0.393 e. The molecule has 1 heteroatoms. The molecular formula is C12H16O. The second kappa shape index (κ2) is 3.15. The van der Waals surface area contributed by atoms with Gasteiger partial charge in [0.05, 0.1) is 6.10 Å². The molecule has 1 aromatic carbocycles. The lowest BCUT2D eigenvalue weighted by Crippen LogP contribution is -2.37. The summed E-state index contributed by atoms with van der Waals surface area (Å²) in [6.45, 7) is 4.24. The average molecular weight is 176 g/mol. The Hall–Kier alpha value is -0.820. The van der Waals surface area contributed by atoms with E-state index in [0.29, 0.717) is 11.8 Å². The average Bonchev–Trinajstić information content (AvgIpc) is 2.13. The van der Waals surface area contributed by atoms with Crippen LogP contribution in [0.1, 0.15) is 30.4 Å². The quantitative estimate of drug-likeness (QED) is 0.697. The number of hydrogen-bond acceptors (Lipinski definition) is 1. The molecule has 0 radical (unpaired) electrons. The Morgan fingerprint density at radius 3 is 2.69 bits per heavy atom. The fourth-order valence-corrected chi connectivity index (χ4v) is 2.10. The molecule has 3 unspecified atom stereocenters. The predicted molar refractivity (Wildman–Crippen MR) is 53.7 cm³/mol. The van der Waals surface area contributed by atoms with Crippen LogP contribution >= 0.6 is 0 Å². The summed E-state index contributed by atoms with van der Waals surface area (Å²) >= 11 is 0. The van der Waals surface area contributed by atoms with Crippen molar-refractivity contribution >= 4 is 0 Å². The second-order valence-electron chi connectivity index (χ2n) is 4.18. The lowest BCUT2D eigenvalue weighted by molar-refractivity contribution is 0.0117. The van der Waals surface area contributed by atoms with Crippen molar-refractivity contribution in [1.29, 1.82) is 0 Å². The van der Waals surface area contributed by atoms with Crippen LogP contribution in [0.5, 0.6) is 0 Å². The van der Waals surface area contributed by atoms with E-state index in [4.69, 9.17) is 0 Å². The molecule has 0 spiro atoms. The molecule has 0 bridgehead atoms. The molecule has 1 fully saturated rings. The van der Waals surface area contributed by atoms with Gasteiger partial charge >= 0.3 is 0 Å². The van der Waals surface area contributed by atoms with Crippen LogP contribution in [0.15, 0.2) is 24.3 Å². The lowest BCUT2D eigenvalue weighted by Gasteiger charge is -2.39. The van der Waals surface area contributed by atoms with Gasteiger partial charge in [0.25, 0.3) is 0 Å². The number of hydrogen-bond donors (Lipinski definition) is 1. The van der Waals surface area contributed by atoms with Gasteiger partial charge in [0.1, 0.15) is 0 Å². The van der Waals surface area contributed by atoms with Crippen LogP contribution in [0.4, 0.5) is 0 Å². The zero-order chi connectivity index (χ0) is 9.42. The van der Waals surface area contributed by atoms with Gasteiger partial charge < -0.3 is 5.11 Å². The number of rotatable bonds is 1. The summed E-state index contributed by atoms with van der Waals surface area (Å²) in [5.41, 5.74) is 2.70. The van der Waals surface area contributed by atoms with Crippen LogP contribution < -0.4 is 0 Å². The molecule has 2 rings (SSSR count). The minimum absolute atomic E-state index is 0.0782. The summed E-state index contributed by atoms with van der Waals surface area (Å²) in [7, 11) is 0. The largest absolute Gasteiger partial charge is 0.393 e. The van der Waals surface area contributed by atoms with Crippen molar-refractivity contribution < 1.29 is 5.11 Å². The third-order valence-electron chi connectivity index (χ3n) is 3.21. The zero-order valence-electron chi connectivity index (χ0n) is 8.20. The summed E-state index contributed by atoms with van der Waals surface area (Å²) in [5, 5.41) is 9.42. The topological polar surface area (TPSA) is 20.2 Å². The Morgan fingerprint density at radius 1 is 1.38 bits per heavy atom. The Labute approximate surface area is 79.4 Å². The molecule has 13 heavy (non-hydrogen) atoms. The molecule has 1 aliphatic carbocycles. The summed E-state index contributed by atoms with van der Waals surface area (Å²) in [6, 6.07) is 8.61. The SMILES string of the molecule is Cc1cccc(C2CC(O)C2C)c1. The standard InChI is InChI=1S/C12H16O/c1-8-4-3-5-10(6-8)11-7-12(13)9(11)2/h3-6,9,11-13H,7H2,1-2H3. The number of aryl methyl sites for hydroxylation is 1. The normalized spacial score (nSPS) is 32.7. The molecule has 1 saturated carbocycles. The molecule has 3 atom stereocenters. The minimum atomic E-state index is -0.0782. The zero-order valence-corrected chi connectivity index (χ0v) is 8.20. The van der Waals surface area contributed by atoms with Crippen molar-refractivity contribution in [2.75, 3.05) is 0 Å². The Balaban J connectivity index is 2.18. The highest BCUT2D eigenvalue weighted by Crippen LogP contribution is 2.42. The first kappa shape index (κ1) is 8.76. The van der Waals surface area contributed by atoms with Crippen LogP contribution in [-0.2, 0) is 0 Å². The third kappa shape index (κ3) is 1.49. The first-order valence-corrected chi connectivity index (χ1v) is 4.93. The fourth-order valence-electron chi connectivity index (χ4n) is 2.10. The Bertz CT molecular complexity index is 306. The van der Waals surface area contributed by atoms with E-state index in [9.17, 15) is 5.11 Å². The number of aliphatic hydroxyl groups is 1. The van der Waals surface area contributed by atoms with Crippen LogP contribution in [0.2, 0.25) is 0 Å². The molecule has 1 aliphatic rings. The maximum Gasteiger partial charge on any atom is 0.0577 e. The fraction of sp³-hybridized carbons (Fsp3) is 0.500. The maximum atomic E-state index is 9.42. The van der Waals surface area contributed by atoms with Gasteiger partial charge in [-0.05, 0) is 30.7 Å². The summed E-state index contributed by atoms with van der Waals surface area (Å²) in [5.74, 6) is 1.01. The maximum absolute atomic E-state index is 9.42. The van der Waals surface area contributed by atoms with Gasteiger partial charge in [0.2, 0.25) is 0 Å². The van der Waals surface area contributed by atoms with Crippen molar-refractivity contribution in [3.8, 4) is 0 Å². The smallest absolute Gasteiger partial charge is 0.0577 e. The molecule has 0 saturated heterocycles. The van der Waals surface area contributed by atoms with Gasteiger partial charge in [-0.15, -0.1) is 0 Å². The molecule has 0 aliphatic heterocycles. The van der Waals surface area contributed by atoms with Gasteiger partial charge in [0.15, 0.2) is 0 Å². The summed E-state index contributed by atoms with van der Waals surface area (Å²) < 4.78 is 0. The van der Waals surface area contributed by atoms with Crippen molar-refractivity contribution in [2.45, 2.75) is 32.3 Å². The van der Waals surface area contributed by atoms with E-state index in [-0.39, 0.29) is 6.10 Å². The van der Waals surface area contributed by atoms with Crippen molar-refractivity contribution in [2.24, 2.45) is 5.92 Å². The highest BCUT2D eigenvalue weighted by atomic mass is 16.3. The first-order chi connectivity index (χ1) is 6.18. The van der Waals surface area contributed by atoms with Crippen molar-refractivity contribution in [3.05, 3.63) is 35.4 Å². The molecule has 1 N–H and O–H groups in total. The monoisotopic (exact) mass is 176 g/mol. The highest BCUT2D eigenvalue weighted by molar-refractivity contribution is 5.28. The molecular weight excluding hydrogens is 160 g/mol. The van der Waals surface area contributed by atoms with Crippen molar-refractivity contribution in [1.82, 2.24) is 0 Å². The van der Waals surface area contributed by atoms with Crippen LogP contribution in [0, 0.1) is 12.8 Å². The third-order valence-corrected chi connectivity index (χ3v) is 3.21. The molecule has 0 heterocycles. The number of benzene rings is 1. The Kier molecular flexibility index (Phi) is 2.12. The highest BCUT2D eigenvalue weighted by Gasteiger charge is 2.36. The van der Waals surface area contributed by atoms with Gasteiger partial charge in [-0.1, -0.05) is 36.8 Å². The second-order valence-corrected chi connectivity index (χ2v) is 4.18. The molecule has 70 valence electrons. The molecule has 1 aromatic rings. The van der Waals surface area contributed by atoms with Gasteiger partial charge in [-0.2, -0.15) is 0 Å². The molecule has 0 amide bonds. The Morgan fingerprint density at radius 2 is 2.15 bits per heavy atom. The van der Waals surface area contributed by atoms with E-state index in [0.717, 1.165) is 6.42 Å².